The summed E-state index contributed by atoms with van der Waals surface area (Å²) in [6.07, 6.45) is 2.12. The van der Waals surface area contributed by atoms with Gasteiger partial charge in [0.1, 0.15) is 12.3 Å². The number of carbonyl (C=O) groups excluding carboxylic acids is 1. The maximum atomic E-state index is 12.1. The van der Waals surface area contributed by atoms with Gasteiger partial charge in [-0.2, -0.15) is 0 Å². The van der Waals surface area contributed by atoms with E-state index in [1.807, 2.05) is 0 Å². The molecule has 6 nitrogen and oxygen atoms in total. The van der Waals surface area contributed by atoms with Crippen molar-refractivity contribution in [2.24, 2.45) is 0 Å². The van der Waals surface area contributed by atoms with Crippen molar-refractivity contribution in [3.05, 3.63) is 17.5 Å². The van der Waals surface area contributed by atoms with Gasteiger partial charge in [-0.3, -0.25) is 9.59 Å². The van der Waals surface area contributed by atoms with E-state index in [1.54, 1.807) is 19.9 Å². The summed E-state index contributed by atoms with van der Waals surface area (Å²) >= 11 is 0. The summed E-state index contributed by atoms with van der Waals surface area (Å²) in [4.78, 5) is 24.1. The van der Waals surface area contributed by atoms with E-state index < -0.39 is 11.9 Å². The van der Waals surface area contributed by atoms with Crippen LogP contribution < -0.4 is 0 Å². The molecule has 0 spiro atoms. The van der Waals surface area contributed by atoms with Gasteiger partial charge in [0.2, 0.25) is 0 Å². The van der Waals surface area contributed by atoms with Crippen LogP contribution in [0, 0.1) is 0 Å². The van der Waals surface area contributed by atoms with Crippen molar-refractivity contribution in [2.75, 3.05) is 6.54 Å². The Balaban J connectivity index is 2.13. The van der Waals surface area contributed by atoms with E-state index in [1.165, 1.54) is 4.90 Å². The van der Waals surface area contributed by atoms with Crippen LogP contribution in [0.5, 0.6) is 0 Å². The Hall–Kier alpha value is -1.85. The molecule has 0 aliphatic heterocycles. The molecule has 1 fully saturated rings. The van der Waals surface area contributed by atoms with Crippen LogP contribution in [0.2, 0.25) is 0 Å². The van der Waals surface area contributed by atoms with Crippen LogP contribution in [0.4, 0.5) is 0 Å². The van der Waals surface area contributed by atoms with Crippen molar-refractivity contribution in [1.29, 1.82) is 0 Å². The largest absolute Gasteiger partial charge is 0.480 e. The van der Waals surface area contributed by atoms with Gasteiger partial charge < -0.3 is 14.5 Å². The van der Waals surface area contributed by atoms with Gasteiger partial charge in [-0.1, -0.05) is 5.16 Å². The Morgan fingerprint density at radius 1 is 1.56 bits per heavy atom. The topological polar surface area (TPSA) is 83.6 Å². The number of hydrogen-bond acceptors (Lipinski definition) is 4. The van der Waals surface area contributed by atoms with Crippen molar-refractivity contribution >= 4 is 11.9 Å². The monoisotopic (exact) mass is 252 g/mol. The lowest BCUT2D eigenvalue weighted by Gasteiger charge is -2.23. The van der Waals surface area contributed by atoms with Crippen LogP contribution in [-0.2, 0) is 4.79 Å². The zero-order chi connectivity index (χ0) is 13.3. The number of carboxylic acids is 1. The van der Waals surface area contributed by atoms with Gasteiger partial charge in [0, 0.05) is 18.0 Å². The molecule has 0 radical (unpaired) electrons. The molecule has 1 heterocycles. The molecular formula is C12H16N2O4. The molecule has 1 amide bonds. The predicted octanol–water partition coefficient (Wildman–Crippen LogP) is 1.49. The number of amides is 1. The molecular weight excluding hydrogens is 236 g/mol. The van der Waals surface area contributed by atoms with Crippen LogP contribution >= 0.6 is 0 Å². The summed E-state index contributed by atoms with van der Waals surface area (Å²) in [6, 6.07) is 1.42. The lowest BCUT2D eigenvalue weighted by Crippen LogP contribution is -2.40. The second-order valence-electron chi connectivity index (χ2n) is 4.81. The van der Waals surface area contributed by atoms with Crippen molar-refractivity contribution < 1.29 is 19.2 Å². The smallest absolute Gasteiger partial charge is 0.323 e. The average molecular weight is 252 g/mol. The Morgan fingerprint density at radius 3 is 2.72 bits per heavy atom. The van der Waals surface area contributed by atoms with E-state index in [2.05, 4.69) is 5.16 Å². The number of nitrogens with zero attached hydrogens (tertiary/aromatic N) is 2. The molecule has 1 N–H and O–H groups in total. The molecule has 0 atom stereocenters. The maximum Gasteiger partial charge on any atom is 0.323 e. The third kappa shape index (κ3) is 2.69. The van der Waals surface area contributed by atoms with Gasteiger partial charge in [0.05, 0.1) is 0 Å². The number of carbonyl (C=O) groups is 2. The summed E-state index contributed by atoms with van der Waals surface area (Å²) in [7, 11) is 0. The molecule has 1 saturated carbocycles. The van der Waals surface area contributed by atoms with Gasteiger partial charge in [-0.25, -0.2) is 0 Å². The highest BCUT2D eigenvalue weighted by Gasteiger charge is 2.30. The molecule has 0 bridgehead atoms. The Kier molecular flexibility index (Phi) is 3.36. The number of rotatable bonds is 5. The van der Waals surface area contributed by atoms with Crippen LogP contribution in [0.3, 0.4) is 0 Å². The first-order valence-corrected chi connectivity index (χ1v) is 5.98. The summed E-state index contributed by atoms with van der Waals surface area (Å²) in [5.74, 6) is -0.339. The molecule has 0 saturated heterocycles. The SMILES string of the molecule is CC(C)N(CC(=O)O)C(=O)c1cc(C2CC2)on1. The van der Waals surface area contributed by atoms with Crippen molar-refractivity contribution in [3.8, 4) is 0 Å². The van der Waals surface area contributed by atoms with Crippen molar-refractivity contribution in [3.63, 3.8) is 0 Å². The summed E-state index contributed by atoms with van der Waals surface area (Å²) in [5.41, 5.74) is 0.187. The highest BCUT2D eigenvalue weighted by Crippen LogP contribution is 2.40. The Bertz CT molecular complexity index is 462. The maximum absolute atomic E-state index is 12.1. The first-order valence-electron chi connectivity index (χ1n) is 5.98. The van der Waals surface area contributed by atoms with Gasteiger partial charge in [0.15, 0.2) is 5.69 Å². The summed E-state index contributed by atoms with van der Waals surface area (Å²) in [5, 5.41) is 12.5. The zero-order valence-electron chi connectivity index (χ0n) is 10.4. The minimum Gasteiger partial charge on any atom is -0.480 e. The molecule has 1 aliphatic rings. The lowest BCUT2D eigenvalue weighted by atomic mass is 10.2. The first-order chi connectivity index (χ1) is 8.49. The van der Waals surface area contributed by atoms with Crippen molar-refractivity contribution in [2.45, 2.75) is 38.6 Å². The molecule has 98 valence electrons. The first kappa shape index (κ1) is 12.6. The lowest BCUT2D eigenvalue weighted by molar-refractivity contribution is -0.138. The van der Waals surface area contributed by atoms with E-state index in [9.17, 15) is 9.59 Å². The molecule has 1 aromatic heterocycles. The number of hydrogen-bond donors (Lipinski definition) is 1. The van der Waals surface area contributed by atoms with E-state index in [4.69, 9.17) is 9.63 Å². The fraction of sp³-hybridized carbons (Fsp3) is 0.583. The minimum atomic E-state index is -1.04. The Labute approximate surface area is 105 Å². The standard InChI is InChI=1S/C12H16N2O4/c1-7(2)14(6-11(15)16)12(17)9-5-10(18-13-9)8-3-4-8/h5,7-8H,3-4,6H2,1-2H3,(H,15,16). The molecule has 0 unspecified atom stereocenters. The molecule has 0 aromatic carbocycles. The van der Waals surface area contributed by atoms with Gasteiger partial charge in [-0.15, -0.1) is 0 Å². The number of aliphatic carboxylic acids is 1. The second kappa shape index (κ2) is 4.80. The van der Waals surface area contributed by atoms with Gasteiger partial charge in [-0.05, 0) is 26.7 Å². The van der Waals surface area contributed by atoms with Crippen LogP contribution in [0.1, 0.15) is 48.9 Å². The Morgan fingerprint density at radius 2 is 2.22 bits per heavy atom. The minimum absolute atomic E-state index is 0.187. The van der Waals surface area contributed by atoms with Crippen molar-refractivity contribution in [1.82, 2.24) is 10.1 Å². The highest BCUT2D eigenvalue weighted by atomic mass is 16.5. The quantitative estimate of drug-likeness (QED) is 0.858. The molecule has 1 aliphatic carbocycles. The number of carboxylic acid groups (broad SMARTS) is 1. The zero-order valence-corrected chi connectivity index (χ0v) is 10.4. The molecule has 18 heavy (non-hydrogen) atoms. The molecule has 1 aromatic rings. The summed E-state index contributed by atoms with van der Waals surface area (Å²) < 4.78 is 5.10. The predicted molar refractivity (Wildman–Crippen MR) is 62.3 cm³/mol. The van der Waals surface area contributed by atoms with Gasteiger partial charge >= 0.3 is 5.97 Å². The van der Waals surface area contributed by atoms with Crippen LogP contribution in [-0.4, -0.2) is 39.6 Å². The second-order valence-corrected chi connectivity index (χ2v) is 4.81. The number of aromatic nitrogens is 1. The molecule has 6 heteroatoms. The normalized spacial score (nSPS) is 14.8. The fourth-order valence-corrected chi connectivity index (χ4v) is 1.73. The van der Waals surface area contributed by atoms with E-state index in [-0.39, 0.29) is 18.3 Å². The third-order valence-corrected chi connectivity index (χ3v) is 2.92. The molecule has 2 rings (SSSR count). The average Bonchev–Trinajstić information content (AvgIpc) is 3.03. The van der Waals surface area contributed by atoms with E-state index in [0.29, 0.717) is 5.92 Å². The van der Waals surface area contributed by atoms with E-state index >= 15 is 0 Å². The van der Waals surface area contributed by atoms with Gasteiger partial charge in [0.25, 0.3) is 5.91 Å². The third-order valence-electron chi connectivity index (χ3n) is 2.92. The van der Waals surface area contributed by atoms with Crippen LogP contribution in [0.25, 0.3) is 0 Å². The van der Waals surface area contributed by atoms with E-state index in [0.717, 1.165) is 18.6 Å². The van der Waals surface area contributed by atoms with Crippen LogP contribution in [0.15, 0.2) is 10.6 Å². The highest BCUT2D eigenvalue weighted by molar-refractivity contribution is 5.94. The fourth-order valence-electron chi connectivity index (χ4n) is 1.73. The summed E-state index contributed by atoms with van der Waals surface area (Å²) in [6.45, 7) is 3.20.